The fourth-order valence-electron chi connectivity index (χ4n) is 3.77. The lowest BCUT2D eigenvalue weighted by molar-refractivity contribution is 0.362. The van der Waals surface area contributed by atoms with E-state index in [0.29, 0.717) is 24.2 Å². The topological polar surface area (TPSA) is 141 Å². The highest BCUT2D eigenvalue weighted by molar-refractivity contribution is 7.89. The fourth-order valence-corrected chi connectivity index (χ4v) is 5.12. The van der Waals surface area contributed by atoms with Gasteiger partial charge in [0.25, 0.3) is 0 Å². The monoisotopic (exact) mass is 415 g/mol. The molecule has 4 N–H and O–H groups in total. The van der Waals surface area contributed by atoms with Crippen LogP contribution < -0.4 is 4.72 Å². The second-order valence-corrected chi connectivity index (χ2v) is 8.89. The fraction of sp³-hybridized carbons (Fsp3) is 0.316. The molecule has 152 valence electrons. The third-order valence-corrected chi connectivity index (χ3v) is 6.77. The van der Waals surface area contributed by atoms with Crippen LogP contribution in [0.1, 0.15) is 37.2 Å². The standard InChI is InChI=1S/C19H21N5O4S/c25-15-8-9-17(18(26)11-15)12-4-6-14(7-5-12)22-29(27,28)16-3-1-2-13(10-16)19-20-23-24-21-19/h1-3,8-12,14,22,25-26H,4-7H2,(H,20,21,23,24). The Kier molecular flexibility index (Phi) is 5.20. The summed E-state index contributed by atoms with van der Waals surface area (Å²) in [5, 5.41) is 33.1. The predicted octanol–water partition coefficient (Wildman–Crippen LogP) is 2.28. The smallest absolute Gasteiger partial charge is 0.240 e. The quantitative estimate of drug-likeness (QED) is 0.501. The maximum Gasteiger partial charge on any atom is 0.240 e. The van der Waals surface area contributed by atoms with Crippen LogP contribution in [0, 0.1) is 0 Å². The number of benzene rings is 2. The van der Waals surface area contributed by atoms with Gasteiger partial charge in [-0.15, -0.1) is 10.2 Å². The van der Waals surface area contributed by atoms with Gasteiger partial charge < -0.3 is 10.2 Å². The van der Waals surface area contributed by atoms with Crippen LogP contribution in [0.3, 0.4) is 0 Å². The molecule has 1 aliphatic carbocycles. The Labute approximate surface area is 167 Å². The molecule has 9 nitrogen and oxygen atoms in total. The molecule has 10 heteroatoms. The Hall–Kier alpha value is -2.98. The van der Waals surface area contributed by atoms with Crippen molar-refractivity contribution >= 4 is 10.0 Å². The summed E-state index contributed by atoms with van der Waals surface area (Å²) < 4.78 is 28.4. The number of nitrogens with one attached hydrogen (secondary N) is 2. The molecule has 0 aliphatic heterocycles. The lowest BCUT2D eigenvalue weighted by Gasteiger charge is -2.29. The van der Waals surface area contributed by atoms with E-state index in [2.05, 4.69) is 25.3 Å². The van der Waals surface area contributed by atoms with Crippen LogP contribution in [0.4, 0.5) is 0 Å². The van der Waals surface area contributed by atoms with Crippen LogP contribution in [0.15, 0.2) is 47.4 Å². The van der Waals surface area contributed by atoms with E-state index in [0.717, 1.165) is 18.4 Å². The highest BCUT2D eigenvalue weighted by atomic mass is 32.2. The molecule has 1 heterocycles. The van der Waals surface area contributed by atoms with Gasteiger partial charge in [-0.25, -0.2) is 13.1 Å². The molecule has 0 unspecified atom stereocenters. The number of hydrogen-bond donors (Lipinski definition) is 4. The minimum absolute atomic E-state index is 0.0238. The first-order valence-corrected chi connectivity index (χ1v) is 10.8. The van der Waals surface area contributed by atoms with Gasteiger partial charge in [0.05, 0.1) is 4.90 Å². The van der Waals surface area contributed by atoms with E-state index in [1.807, 2.05) is 0 Å². The molecule has 1 aromatic heterocycles. The molecule has 0 radical (unpaired) electrons. The number of H-pyrrole nitrogens is 1. The van der Waals surface area contributed by atoms with Crippen LogP contribution in [-0.2, 0) is 10.0 Å². The highest BCUT2D eigenvalue weighted by Gasteiger charge is 2.28. The summed E-state index contributed by atoms with van der Waals surface area (Å²) >= 11 is 0. The Morgan fingerprint density at radius 2 is 1.83 bits per heavy atom. The van der Waals surface area contributed by atoms with E-state index in [9.17, 15) is 18.6 Å². The Bertz CT molecular complexity index is 1090. The lowest BCUT2D eigenvalue weighted by atomic mass is 9.81. The predicted molar refractivity (Wildman–Crippen MR) is 105 cm³/mol. The molecule has 1 fully saturated rings. The van der Waals surface area contributed by atoms with E-state index < -0.39 is 10.0 Å². The van der Waals surface area contributed by atoms with E-state index >= 15 is 0 Å². The lowest BCUT2D eigenvalue weighted by Crippen LogP contribution is -2.37. The van der Waals surface area contributed by atoms with Crippen molar-refractivity contribution in [2.75, 3.05) is 0 Å². The molecule has 0 atom stereocenters. The second kappa shape index (κ2) is 7.80. The van der Waals surface area contributed by atoms with Crippen LogP contribution in [0.5, 0.6) is 11.5 Å². The summed E-state index contributed by atoms with van der Waals surface area (Å²) in [6, 6.07) is 10.9. The number of aromatic hydroxyl groups is 2. The van der Waals surface area contributed by atoms with Gasteiger partial charge in [0.1, 0.15) is 11.5 Å². The van der Waals surface area contributed by atoms with Crippen LogP contribution in [0.25, 0.3) is 11.4 Å². The normalized spacial score (nSPS) is 19.9. The molecular formula is C19H21N5O4S. The third-order valence-electron chi connectivity index (χ3n) is 5.25. The molecule has 3 aromatic rings. The van der Waals surface area contributed by atoms with Gasteiger partial charge >= 0.3 is 0 Å². The van der Waals surface area contributed by atoms with E-state index in [1.165, 1.54) is 18.2 Å². The summed E-state index contributed by atoms with van der Waals surface area (Å²) in [6.45, 7) is 0. The summed E-state index contributed by atoms with van der Waals surface area (Å²) in [5.41, 5.74) is 1.35. The van der Waals surface area contributed by atoms with Crippen LogP contribution in [0.2, 0.25) is 0 Å². The van der Waals surface area contributed by atoms with Crippen LogP contribution in [-0.4, -0.2) is 45.3 Å². The zero-order valence-electron chi connectivity index (χ0n) is 15.5. The third kappa shape index (κ3) is 4.22. The van der Waals surface area contributed by atoms with Gasteiger partial charge in [-0.1, -0.05) is 18.2 Å². The molecular weight excluding hydrogens is 394 g/mol. The number of tetrazole rings is 1. The maximum atomic E-state index is 12.8. The molecule has 1 aliphatic rings. The van der Waals surface area contributed by atoms with Gasteiger partial charge in [0.2, 0.25) is 15.8 Å². The maximum absolute atomic E-state index is 12.8. The van der Waals surface area contributed by atoms with Gasteiger partial charge in [-0.2, -0.15) is 5.21 Å². The van der Waals surface area contributed by atoms with Crippen molar-refractivity contribution < 1.29 is 18.6 Å². The summed E-state index contributed by atoms with van der Waals surface area (Å²) in [6.07, 6.45) is 2.81. The van der Waals surface area contributed by atoms with Gasteiger partial charge in [0.15, 0.2) is 0 Å². The zero-order chi connectivity index (χ0) is 20.4. The van der Waals surface area contributed by atoms with Crippen molar-refractivity contribution in [2.24, 2.45) is 0 Å². The Morgan fingerprint density at radius 1 is 1.03 bits per heavy atom. The van der Waals surface area contributed by atoms with Crippen molar-refractivity contribution in [1.29, 1.82) is 0 Å². The number of phenols is 2. The first kappa shape index (κ1) is 19.3. The average molecular weight is 415 g/mol. The molecule has 0 spiro atoms. The zero-order valence-corrected chi connectivity index (χ0v) is 16.3. The van der Waals surface area contributed by atoms with Crippen molar-refractivity contribution in [3.8, 4) is 22.9 Å². The van der Waals surface area contributed by atoms with Crippen molar-refractivity contribution in [3.63, 3.8) is 0 Å². The Balaban J connectivity index is 1.43. The molecule has 29 heavy (non-hydrogen) atoms. The first-order valence-electron chi connectivity index (χ1n) is 9.30. The minimum atomic E-state index is -3.69. The highest BCUT2D eigenvalue weighted by Crippen LogP contribution is 2.38. The minimum Gasteiger partial charge on any atom is -0.508 e. The largest absolute Gasteiger partial charge is 0.508 e. The number of hydrogen-bond acceptors (Lipinski definition) is 7. The van der Waals surface area contributed by atoms with Gasteiger partial charge in [-0.05, 0) is 60.6 Å². The van der Waals surface area contributed by atoms with Gasteiger partial charge in [0, 0.05) is 17.7 Å². The van der Waals surface area contributed by atoms with Crippen molar-refractivity contribution in [2.45, 2.75) is 42.5 Å². The number of phenolic OH excluding ortho intramolecular Hbond substituents is 2. The Morgan fingerprint density at radius 3 is 2.52 bits per heavy atom. The SMILES string of the molecule is O=S(=O)(NC1CCC(c2ccc(O)cc2O)CC1)c1cccc(-c2nn[nH]n2)c1. The number of aromatic nitrogens is 4. The number of nitrogens with zero attached hydrogens (tertiary/aromatic N) is 3. The number of aromatic amines is 1. The van der Waals surface area contributed by atoms with Crippen LogP contribution >= 0.6 is 0 Å². The number of sulfonamides is 1. The average Bonchev–Trinajstić information content (AvgIpc) is 3.24. The summed E-state index contributed by atoms with van der Waals surface area (Å²) in [5.74, 6) is 0.567. The summed E-state index contributed by atoms with van der Waals surface area (Å²) in [4.78, 5) is 0.151. The molecule has 0 saturated heterocycles. The van der Waals surface area contributed by atoms with E-state index in [-0.39, 0.29) is 28.4 Å². The molecule has 0 amide bonds. The molecule has 1 saturated carbocycles. The number of rotatable bonds is 5. The molecule has 2 aromatic carbocycles. The second-order valence-electron chi connectivity index (χ2n) is 7.18. The van der Waals surface area contributed by atoms with E-state index in [1.54, 1.807) is 24.3 Å². The molecule has 0 bridgehead atoms. The van der Waals surface area contributed by atoms with Crippen molar-refractivity contribution in [3.05, 3.63) is 48.0 Å². The molecule has 4 rings (SSSR count). The first-order chi connectivity index (χ1) is 13.9. The van der Waals surface area contributed by atoms with Gasteiger partial charge in [-0.3, -0.25) is 0 Å². The summed E-state index contributed by atoms with van der Waals surface area (Å²) in [7, 11) is -3.69. The van der Waals surface area contributed by atoms with E-state index in [4.69, 9.17) is 0 Å². The van der Waals surface area contributed by atoms with Crippen molar-refractivity contribution in [1.82, 2.24) is 25.3 Å².